The van der Waals surface area contributed by atoms with Crippen molar-refractivity contribution in [2.75, 3.05) is 12.8 Å². The monoisotopic (exact) mass is 310 g/mol. The number of anilines is 1. The molecule has 0 bridgehead atoms. The van der Waals surface area contributed by atoms with Crippen LogP contribution in [0.3, 0.4) is 0 Å². The van der Waals surface area contributed by atoms with E-state index in [9.17, 15) is 12.8 Å². The first-order chi connectivity index (χ1) is 9.83. The van der Waals surface area contributed by atoms with Crippen LogP contribution in [0.5, 0.6) is 11.5 Å². The van der Waals surface area contributed by atoms with Gasteiger partial charge in [-0.15, -0.1) is 0 Å². The Bertz CT molecular complexity index is 776. The molecule has 0 saturated heterocycles. The first kappa shape index (κ1) is 15.3. The van der Waals surface area contributed by atoms with Gasteiger partial charge in [-0.25, -0.2) is 17.5 Å². The maximum absolute atomic E-state index is 13.4. The number of halogens is 1. The van der Waals surface area contributed by atoms with Gasteiger partial charge in [0.1, 0.15) is 22.2 Å². The van der Waals surface area contributed by atoms with Crippen LogP contribution in [0.25, 0.3) is 0 Å². The third-order valence-corrected chi connectivity index (χ3v) is 4.41. The highest BCUT2D eigenvalue weighted by Gasteiger charge is 2.15. The lowest BCUT2D eigenvalue weighted by atomic mass is 10.2. The number of aryl methyl sites for hydroxylation is 1. The van der Waals surface area contributed by atoms with Crippen molar-refractivity contribution in [2.45, 2.75) is 11.8 Å². The zero-order valence-electron chi connectivity index (χ0n) is 11.6. The second-order valence-electron chi connectivity index (χ2n) is 4.42. The molecule has 21 heavy (non-hydrogen) atoms. The first-order valence-corrected chi connectivity index (χ1v) is 7.59. The second-order valence-corrected chi connectivity index (χ2v) is 6.28. The summed E-state index contributed by atoms with van der Waals surface area (Å²) < 4.78 is 44.5. The maximum Gasteiger partial charge on any atom is 0.242 e. The average molecular weight is 310 g/mol. The van der Waals surface area contributed by atoms with E-state index in [0.29, 0.717) is 17.1 Å². The van der Waals surface area contributed by atoms with Crippen LogP contribution in [0.15, 0.2) is 41.3 Å². The molecule has 0 radical (unpaired) electrons. The number of hydrogen-bond donors (Lipinski definition) is 2. The van der Waals surface area contributed by atoms with Gasteiger partial charge in [-0.3, -0.25) is 0 Å². The molecule has 0 heterocycles. The molecule has 0 unspecified atom stereocenters. The summed E-state index contributed by atoms with van der Waals surface area (Å²) in [5, 5.41) is 0. The van der Waals surface area contributed by atoms with Gasteiger partial charge in [0.05, 0.1) is 5.69 Å². The van der Waals surface area contributed by atoms with Crippen LogP contribution in [-0.4, -0.2) is 15.5 Å². The number of benzene rings is 2. The summed E-state index contributed by atoms with van der Waals surface area (Å²) in [6, 6.07) is 8.63. The molecule has 0 saturated carbocycles. The Balaban J connectivity index is 2.30. The van der Waals surface area contributed by atoms with Gasteiger partial charge in [0, 0.05) is 12.1 Å². The summed E-state index contributed by atoms with van der Waals surface area (Å²) in [5.74, 6) is 0.252. The molecule has 2 rings (SSSR count). The summed E-state index contributed by atoms with van der Waals surface area (Å²) >= 11 is 0. The first-order valence-electron chi connectivity index (χ1n) is 6.10. The summed E-state index contributed by atoms with van der Waals surface area (Å²) in [6.45, 7) is 1.65. The molecule has 0 aliphatic rings. The molecular weight excluding hydrogens is 295 g/mol. The Morgan fingerprint density at radius 3 is 2.33 bits per heavy atom. The molecule has 112 valence electrons. The molecule has 2 aromatic carbocycles. The minimum atomic E-state index is -3.62. The van der Waals surface area contributed by atoms with Crippen molar-refractivity contribution in [3.05, 3.63) is 47.8 Å². The highest BCUT2D eigenvalue weighted by atomic mass is 32.2. The molecule has 0 aliphatic heterocycles. The number of rotatable bonds is 4. The fourth-order valence-corrected chi connectivity index (χ4v) is 2.55. The van der Waals surface area contributed by atoms with Gasteiger partial charge in [0.15, 0.2) is 0 Å². The molecule has 3 N–H and O–H groups in total. The Hall–Kier alpha value is -2.12. The Morgan fingerprint density at radius 1 is 1.14 bits per heavy atom. The van der Waals surface area contributed by atoms with E-state index >= 15 is 0 Å². The van der Waals surface area contributed by atoms with Crippen LogP contribution in [0.2, 0.25) is 0 Å². The predicted molar refractivity (Wildman–Crippen MR) is 78.3 cm³/mol. The molecule has 5 nitrogen and oxygen atoms in total. The number of nitrogens with two attached hydrogens (primary N) is 1. The summed E-state index contributed by atoms with van der Waals surface area (Å²) in [5.41, 5.74) is 6.28. The summed E-state index contributed by atoms with van der Waals surface area (Å²) in [6.07, 6.45) is 0. The highest BCUT2D eigenvalue weighted by molar-refractivity contribution is 7.89. The number of hydrogen-bond acceptors (Lipinski definition) is 4. The predicted octanol–water partition coefficient (Wildman–Crippen LogP) is 2.42. The second kappa shape index (κ2) is 5.71. The normalized spacial score (nSPS) is 11.4. The van der Waals surface area contributed by atoms with E-state index in [1.807, 2.05) is 0 Å². The van der Waals surface area contributed by atoms with Gasteiger partial charge >= 0.3 is 0 Å². The van der Waals surface area contributed by atoms with E-state index in [0.717, 1.165) is 0 Å². The quantitative estimate of drug-likeness (QED) is 0.850. The van der Waals surface area contributed by atoms with Gasteiger partial charge in [0.2, 0.25) is 10.0 Å². The SMILES string of the molecule is CNS(=O)(=O)c1ccc(Oc2ccc(C)c(F)c2)cc1N. The molecular formula is C14H15FN2O3S. The standard InChI is InChI=1S/C14H15FN2O3S/c1-9-3-4-10(7-12(9)15)20-11-5-6-14(13(16)8-11)21(18,19)17-2/h3-8,17H,16H2,1-2H3. The zero-order chi connectivity index (χ0) is 15.6. The fraction of sp³-hybridized carbons (Fsp3) is 0.143. The van der Waals surface area contributed by atoms with Crippen molar-refractivity contribution in [1.82, 2.24) is 4.72 Å². The van der Waals surface area contributed by atoms with Crippen LogP contribution in [0.1, 0.15) is 5.56 Å². The van der Waals surface area contributed by atoms with Crippen molar-refractivity contribution in [2.24, 2.45) is 0 Å². The summed E-state index contributed by atoms with van der Waals surface area (Å²) in [7, 11) is -2.32. The largest absolute Gasteiger partial charge is 0.457 e. The lowest BCUT2D eigenvalue weighted by molar-refractivity contribution is 0.476. The third kappa shape index (κ3) is 3.32. The van der Waals surface area contributed by atoms with Crippen LogP contribution in [-0.2, 0) is 10.0 Å². The topological polar surface area (TPSA) is 81.4 Å². The number of nitrogen functional groups attached to an aromatic ring is 1. The molecule has 0 fully saturated rings. The van der Waals surface area contributed by atoms with Crippen LogP contribution in [0, 0.1) is 12.7 Å². The van der Waals surface area contributed by atoms with Crippen LogP contribution in [0.4, 0.5) is 10.1 Å². The van der Waals surface area contributed by atoms with E-state index < -0.39 is 10.0 Å². The average Bonchev–Trinajstić information content (AvgIpc) is 2.43. The highest BCUT2D eigenvalue weighted by Crippen LogP contribution is 2.28. The van der Waals surface area contributed by atoms with E-state index in [1.165, 1.54) is 31.3 Å². The minimum absolute atomic E-state index is 0.0348. The number of sulfonamides is 1. The molecule has 0 aromatic heterocycles. The van der Waals surface area contributed by atoms with Crippen LogP contribution >= 0.6 is 0 Å². The molecule has 0 aliphatic carbocycles. The molecule has 0 amide bonds. The van der Waals surface area contributed by atoms with Crippen molar-refractivity contribution in [3.8, 4) is 11.5 Å². The minimum Gasteiger partial charge on any atom is -0.457 e. The van der Waals surface area contributed by atoms with Gasteiger partial charge < -0.3 is 10.5 Å². The molecule has 0 atom stereocenters. The third-order valence-electron chi connectivity index (χ3n) is 2.92. The Morgan fingerprint density at radius 2 is 1.76 bits per heavy atom. The van der Waals surface area contributed by atoms with E-state index in [-0.39, 0.29) is 16.4 Å². The van der Waals surface area contributed by atoms with Crippen molar-refractivity contribution in [3.63, 3.8) is 0 Å². The summed E-state index contributed by atoms with van der Waals surface area (Å²) in [4.78, 5) is -0.0348. The van der Waals surface area contributed by atoms with Gasteiger partial charge in [-0.2, -0.15) is 0 Å². The number of nitrogens with one attached hydrogen (secondary N) is 1. The van der Waals surface area contributed by atoms with E-state index in [1.54, 1.807) is 19.1 Å². The molecule has 7 heteroatoms. The van der Waals surface area contributed by atoms with Gasteiger partial charge in [-0.05, 0) is 37.7 Å². The van der Waals surface area contributed by atoms with E-state index in [4.69, 9.17) is 10.5 Å². The van der Waals surface area contributed by atoms with Crippen molar-refractivity contribution < 1.29 is 17.5 Å². The van der Waals surface area contributed by atoms with Crippen molar-refractivity contribution >= 4 is 15.7 Å². The maximum atomic E-state index is 13.4. The zero-order valence-corrected chi connectivity index (χ0v) is 12.4. The molecule has 2 aromatic rings. The lowest BCUT2D eigenvalue weighted by Gasteiger charge is -2.10. The van der Waals surface area contributed by atoms with Crippen LogP contribution < -0.4 is 15.2 Å². The Kier molecular flexibility index (Phi) is 4.15. The van der Waals surface area contributed by atoms with Gasteiger partial charge in [0.25, 0.3) is 0 Å². The fourth-order valence-electron chi connectivity index (χ4n) is 1.72. The Labute approximate surface area is 122 Å². The van der Waals surface area contributed by atoms with E-state index in [2.05, 4.69) is 4.72 Å². The smallest absolute Gasteiger partial charge is 0.242 e. The number of ether oxygens (including phenoxy) is 1. The van der Waals surface area contributed by atoms with Crippen molar-refractivity contribution in [1.29, 1.82) is 0 Å². The van der Waals surface area contributed by atoms with Gasteiger partial charge in [-0.1, -0.05) is 6.07 Å². The lowest BCUT2D eigenvalue weighted by Crippen LogP contribution is -2.19. The molecule has 0 spiro atoms.